The Balaban J connectivity index is 1.51. The van der Waals surface area contributed by atoms with Gasteiger partial charge in [0.1, 0.15) is 23.1 Å². The highest BCUT2D eigenvalue weighted by Crippen LogP contribution is 2.37. The Bertz CT molecular complexity index is 1100. The van der Waals surface area contributed by atoms with E-state index in [-0.39, 0.29) is 23.1 Å². The summed E-state index contributed by atoms with van der Waals surface area (Å²) >= 11 is 1.44. The molecule has 0 saturated carbocycles. The summed E-state index contributed by atoms with van der Waals surface area (Å²) in [5.41, 5.74) is 1.20. The maximum atomic E-state index is 14.1. The van der Waals surface area contributed by atoms with Gasteiger partial charge in [0.25, 0.3) is 0 Å². The highest BCUT2D eigenvalue weighted by Gasteiger charge is 2.29. The molecule has 2 heterocycles. The van der Waals surface area contributed by atoms with Crippen molar-refractivity contribution in [2.75, 3.05) is 18.8 Å². The van der Waals surface area contributed by atoms with E-state index in [9.17, 15) is 17.2 Å². The number of hydrogen-bond donors (Lipinski definition) is 0. The predicted octanol–water partition coefficient (Wildman–Crippen LogP) is 4.12. The first-order chi connectivity index (χ1) is 13.4. The van der Waals surface area contributed by atoms with E-state index in [1.165, 1.54) is 22.1 Å². The van der Waals surface area contributed by atoms with Crippen LogP contribution in [0.3, 0.4) is 0 Å². The van der Waals surface area contributed by atoms with Crippen LogP contribution < -0.4 is 0 Å². The van der Waals surface area contributed by atoms with Crippen LogP contribution in [0.15, 0.2) is 47.0 Å². The van der Waals surface area contributed by atoms with Crippen molar-refractivity contribution in [3.63, 3.8) is 0 Å². The van der Waals surface area contributed by atoms with Crippen LogP contribution in [0.1, 0.15) is 22.9 Å². The second-order valence-electron chi connectivity index (χ2n) is 6.59. The highest BCUT2D eigenvalue weighted by atomic mass is 32.2. The van der Waals surface area contributed by atoms with Crippen LogP contribution in [0.2, 0.25) is 0 Å². The summed E-state index contributed by atoms with van der Waals surface area (Å²) < 4.78 is 60.0. The molecule has 148 valence electrons. The second-order valence-corrected chi connectivity index (χ2v) is 9.87. The fourth-order valence-corrected chi connectivity index (χ4v) is 6.19. The molecule has 1 saturated heterocycles. The lowest BCUT2D eigenvalue weighted by atomic mass is 10.1. The normalized spacial score (nSPS) is 19.0. The molecule has 1 aromatic heterocycles. The first kappa shape index (κ1) is 19.4. The molecular weight excluding hydrogens is 406 g/mol. The minimum Gasteiger partial charge on any atom is -0.356 e. The van der Waals surface area contributed by atoms with Gasteiger partial charge in [-0.3, -0.25) is 0 Å². The fourth-order valence-electron chi connectivity index (χ4n) is 3.34. The number of benzene rings is 2. The molecule has 0 amide bonds. The van der Waals surface area contributed by atoms with Gasteiger partial charge in [-0.15, -0.1) is 0 Å². The van der Waals surface area contributed by atoms with Gasteiger partial charge < -0.3 is 4.52 Å². The third kappa shape index (κ3) is 3.92. The molecule has 28 heavy (non-hydrogen) atoms. The number of thioether (sulfide) groups is 1. The van der Waals surface area contributed by atoms with E-state index in [0.717, 1.165) is 12.1 Å². The Morgan fingerprint density at radius 2 is 2.00 bits per heavy atom. The van der Waals surface area contributed by atoms with Crippen LogP contribution in [-0.2, 0) is 15.8 Å². The van der Waals surface area contributed by atoms with E-state index in [1.807, 2.05) is 0 Å². The molecule has 1 fully saturated rings. The molecule has 0 bridgehead atoms. The van der Waals surface area contributed by atoms with Crippen molar-refractivity contribution in [1.82, 2.24) is 9.46 Å². The largest absolute Gasteiger partial charge is 0.356 e. The summed E-state index contributed by atoms with van der Waals surface area (Å²) in [5, 5.41) is 4.29. The molecule has 4 rings (SSSR count). The summed E-state index contributed by atoms with van der Waals surface area (Å²) in [6.07, 6.45) is 0.407. The van der Waals surface area contributed by atoms with Crippen LogP contribution in [0.5, 0.6) is 0 Å². The first-order valence-electron chi connectivity index (χ1n) is 8.82. The van der Waals surface area contributed by atoms with Crippen molar-refractivity contribution in [3.8, 4) is 0 Å². The number of hydrogen-bond acceptors (Lipinski definition) is 5. The number of para-hydroxylation sites is 1. The maximum Gasteiger partial charge on any atom is 0.220 e. The van der Waals surface area contributed by atoms with E-state index >= 15 is 0 Å². The number of nitrogens with zero attached hydrogens (tertiary/aromatic N) is 2. The van der Waals surface area contributed by atoms with Gasteiger partial charge in [0, 0.05) is 35.0 Å². The zero-order valence-electron chi connectivity index (χ0n) is 14.8. The third-order valence-corrected chi connectivity index (χ3v) is 7.87. The molecule has 1 aliphatic heterocycles. The number of aromatic nitrogens is 1. The predicted molar refractivity (Wildman–Crippen MR) is 104 cm³/mol. The Morgan fingerprint density at radius 3 is 2.86 bits per heavy atom. The lowest BCUT2D eigenvalue weighted by Gasteiger charge is -2.19. The average molecular weight is 424 g/mol. The third-order valence-electron chi connectivity index (χ3n) is 4.77. The topological polar surface area (TPSA) is 63.4 Å². The zero-order valence-corrected chi connectivity index (χ0v) is 16.5. The highest BCUT2D eigenvalue weighted by molar-refractivity contribution is 7.99. The molecular formula is C19H18F2N2O3S2. The zero-order chi connectivity index (χ0) is 19.7. The van der Waals surface area contributed by atoms with Gasteiger partial charge in [-0.05, 0) is 36.8 Å². The van der Waals surface area contributed by atoms with Gasteiger partial charge in [0.05, 0.1) is 0 Å². The Labute approximate surface area is 165 Å². The van der Waals surface area contributed by atoms with Crippen molar-refractivity contribution < 1.29 is 21.7 Å². The van der Waals surface area contributed by atoms with Crippen molar-refractivity contribution in [1.29, 1.82) is 0 Å². The van der Waals surface area contributed by atoms with E-state index in [4.69, 9.17) is 4.52 Å². The Hall–Kier alpha value is -1.97. The summed E-state index contributed by atoms with van der Waals surface area (Å²) in [6, 6.07) is 10.5. The first-order valence-corrected chi connectivity index (χ1v) is 11.5. The SMILES string of the molecule is O=S(=O)(Cc1noc2ccccc12)N1CCSC(c2cc(F)ccc2F)CC1. The van der Waals surface area contributed by atoms with Gasteiger partial charge in [0.2, 0.25) is 10.0 Å². The van der Waals surface area contributed by atoms with Crippen molar-refractivity contribution in [3.05, 3.63) is 65.4 Å². The number of fused-ring (bicyclic) bond motifs is 1. The summed E-state index contributed by atoms with van der Waals surface area (Å²) in [5.74, 6) is -0.722. The molecule has 5 nitrogen and oxygen atoms in total. The van der Waals surface area contributed by atoms with Gasteiger partial charge in [-0.2, -0.15) is 11.8 Å². The molecule has 9 heteroatoms. The Kier molecular flexibility index (Phi) is 5.39. The lowest BCUT2D eigenvalue weighted by Crippen LogP contribution is -2.34. The standard InChI is InChI=1S/C19H18F2N2O3S2/c20-13-5-6-16(21)15(11-13)19-7-8-23(9-10-27-19)28(24,25)12-17-14-3-1-2-4-18(14)26-22-17/h1-6,11,19H,7-10,12H2. The molecule has 2 aromatic carbocycles. The summed E-state index contributed by atoms with van der Waals surface area (Å²) in [6.45, 7) is 0.557. The molecule has 0 spiro atoms. The summed E-state index contributed by atoms with van der Waals surface area (Å²) in [7, 11) is -3.62. The monoisotopic (exact) mass is 424 g/mol. The van der Waals surface area contributed by atoms with Crippen LogP contribution in [-0.4, -0.2) is 36.7 Å². The number of halogens is 2. The molecule has 1 atom stereocenters. The van der Waals surface area contributed by atoms with Crippen LogP contribution in [0.25, 0.3) is 11.0 Å². The van der Waals surface area contributed by atoms with Crippen molar-refractivity contribution in [2.45, 2.75) is 17.4 Å². The lowest BCUT2D eigenvalue weighted by molar-refractivity contribution is 0.421. The van der Waals surface area contributed by atoms with Gasteiger partial charge in [-0.1, -0.05) is 17.3 Å². The van der Waals surface area contributed by atoms with Crippen LogP contribution in [0.4, 0.5) is 8.78 Å². The minimum atomic E-state index is -3.62. The molecule has 0 aliphatic carbocycles. The smallest absolute Gasteiger partial charge is 0.220 e. The molecule has 3 aromatic rings. The second kappa shape index (κ2) is 7.81. The molecule has 1 unspecified atom stereocenters. The van der Waals surface area contributed by atoms with Crippen LogP contribution >= 0.6 is 11.8 Å². The van der Waals surface area contributed by atoms with Gasteiger partial charge in [-0.25, -0.2) is 21.5 Å². The van der Waals surface area contributed by atoms with E-state index < -0.39 is 21.7 Å². The molecule has 1 aliphatic rings. The van der Waals surface area contributed by atoms with Crippen molar-refractivity contribution in [2.24, 2.45) is 0 Å². The van der Waals surface area contributed by atoms with Crippen LogP contribution in [0, 0.1) is 11.6 Å². The van der Waals surface area contributed by atoms with Crippen molar-refractivity contribution >= 4 is 32.8 Å². The molecule has 0 radical (unpaired) electrons. The van der Waals surface area contributed by atoms with Gasteiger partial charge in [0.15, 0.2) is 5.58 Å². The van der Waals surface area contributed by atoms with E-state index in [1.54, 1.807) is 24.3 Å². The van der Waals surface area contributed by atoms with E-state index in [2.05, 4.69) is 5.16 Å². The van der Waals surface area contributed by atoms with E-state index in [0.29, 0.717) is 35.4 Å². The number of sulfonamides is 1. The fraction of sp³-hybridized carbons (Fsp3) is 0.316. The number of rotatable bonds is 4. The minimum absolute atomic E-state index is 0.242. The average Bonchev–Trinajstić information content (AvgIpc) is 2.90. The van der Waals surface area contributed by atoms with Gasteiger partial charge >= 0.3 is 0 Å². The maximum absolute atomic E-state index is 14.1. The quantitative estimate of drug-likeness (QED) is 0.631. The Morgan fingerprint density at radius 1 is 1.18 bits per heavy atom. The summed E-state index contributed by atoms with van der Waals surface area (Å²) in [4.78, 5) is 0. The molecule has 0 N–H and O–H groups in total.